The molecule has 0 saturated carbocycles. The molecule has 5 heteroatoms. The average Bonchev–Trinajstić information content (AvgIpc) is 2.59. The summed E-state index contributed by atoms with van der Waals surface area (Å²) in [4.78, 5) is 26.2. The van der Waals surface area contributed by atoms with Gasteiger partial charge in [-0.3, -0.25) is 4.79 Å². The summed E-state index contributed by atoms with van der Waals surface area (Å²) in [5, 5.41) is 3.38. The Morgan fingerprint density at radius 2 is 2.07 bits per heavy atom. The van der Waals surface area contributed by atoms with E-state index in [-0.39, 0.29) is 23.1 Å². The zero-order chi connectivity index (χ0) is 20.5. The Balaban J connectivity index is 2.09. The van der Waals surface area contributed by atoms with Crippen LogP contribution in [-0.4, -0.2) is 18.4 Å². The summed E-state index contributed by atoms with van der Waals surface area (Å²) in [6, 6.07) is 8.05. The Morgan fingerprint density at radius 1 is 1.32 bits per heavy atom. The maximum atomic E-state index is 13.2. The Hall–Kier alpha value is -1.63. The van der Waals surface area contributed by atoms with Gasteiger partial charge < -0.3 is 10.1 Å². The topological polar surface area (TPSA) is 55.4 Å². The summed E-state index contributed by atoms with van der Waals surface area (Å²) in [5.41, 5.74) is 3.91. The van der Waals surface area contributed by atoms with E-state index in [4.69, 9.17) is 4.74 Å². The van der Waals surface area contributed by atoms with E-state index in [0.717, 1.165) is 45.4 Å². The van der Waals surface area contributed by atoms with E-state index in [1.54, 1.807) is 0 Å². The number of carbonyl (C=O) groups is 2. The van der Waals surface area contributed by atoms with E-state index >= 15 is 0 Å². The number of esters is 1. The maximum Gasteiger partial charge on any atom is 0.336 e. The molecule has 1 aromatic carbocycles. The van der Waals surface area contributed by atoms with Crippen molar-refractivity contribution in [1.82, 2.24) is 5.32 Å². The van der Waals surface area contributed by atoms with Crippen LogP contribution in [0.1, 0.15) is 64.9 Å². The van der Waals surface area contributed by atoms with Gasteiger partial charge in [0.1, 0.15) is 0 Å². The standard InChI is InChI=1S/C23H28INO3/c1-5-6-10-28-22(27)19-14(2)25-17-12-23(3,4)13-18(26)21(17)20(19)15-8-7-9-16(24)11-15/h7-9,11,20,25H,5-6,10,12-13H2,1-4H3/t20-/m1/s1. The quantitative estimate of drug-likeness (QED) is 0.347. The Bertz CT molecular complexity index is 866. The smallest absolute Gasteiger partial charge is 0.336 e. The molecule has 28 heavy (non-hydrogen) atoms. The lowest BCUT2D eigenvalue weighted by Crippen LogP contribution is -2.38. The molecule has 0 amide bonds. The molecule has 150 valence electrons. The Labute approximate surface area is 180 Å². The first-order chi connectivity index (χ1) is 13.2. The second-order valence-electron chi connectivity index (χ2n) is 8.47. The Morgan fingerprint density at radius 3 is 2.75 bits per heavy atom. The van der Waals surface area contributed by atoms with E-state index in [1.165, 1.54) is 0 Å². The molecule has 0 unspecified atom stereocenters. The molecule has 0 aromatic heterocycles. The highest BCUT2D eigenvalue weighted by molar-refractivity contribution is 14.1. The minimum absolute atomic E-state index is 0.0853. The number of dihydropyridines is 1. The molecule has 1 N–H and O–H groups in total. The number of hydrogen-bond donors (Lipinski definition) is 1. The van der Waals surface area contributed by atoms with Crippen molar-refractivity contribution in [2.24, 2.45) is 5.41 Å². The number of unbranched alkanes of at least 4 members (excludes halogenated alkanes) is 1. The third kappa shape index (κ3) is 4.34. The highest BCUT2D eigenvalue weighted by Crippen LogP contribution is 2.46. The molecular weight excluding hydrogens is 465 g/mol. The van der Waals surface area contributed by atoms with Crippen LogP contribution in [0.25, 0.3) is 0 Å². The third-order valence-electron chi connectivity index (χ3n) is 5.37. The first-order valence-corrected chi connectivity index (χ1v) is 11.0. The number of rotatable bonds is 5. The van der Waals surface area contributed by atoms with Crippen LogP contribution >= 0.6 is 22.6 Å². The van der Waals surface area contributed by atoms with Crippen LogP contribution in [0.2, 0.25) is 0 Å². The van der Waals surface area contributed by atoms with Gasteiger partial charge in [0, 0.05) is 32.9 Å². The summed E-state index contributed by atoms with van der Waals surface area (Å²) in [5.74, 6) is -0.579. The first-order valence-electron chi connectivity index (χ1n) is 9.90. The van der Waals surface area contributed by atoms with Crippen LogP contribution < -0.4 is 5.32 Å². The Kier molecular flexibility index (Phi) is 6.32. The van der Waals surface area contributed by atoms with Gasteiger partial charge in [0.25, 0.3) is 0 Å². The van der Waals surface area contributed by atoms with Gasteiger partial charge in [-0.15, -0.1) is 0 Å². The third-order valence-corrected chi connectivity index (χ3v) is 6.04. The molecule has 1 heterocycles. The molecule has 1 aliphatic heterocycles. The van der Waals surface area contributed by atoms with E-state index < -0.39 is 0 Å². The van der Waals surface area contributed by atoms with Gasteiger partial charge in [0.05, 0.1) is 12.2 Å². The van der Waals surface area contributed by atoms with Gasteiger partial charge in [0.15, 0.2) is 5.78 Å². The molecule has 0 fully saturated rings. The number of benzene rings is 1. The van der Waals surface area contributed by atoms with Gasteiger partial charge in [-0.1, -0.05) is 39.3 Å². The molecule has 1 aliphatic carbocycles. The van der Waals surface area contributed by atoms with Gasteiger partial charge >= 0.3 is 5.97 Å². The van der Waals surface area contributed by atoms with Crippen molar-refractivity contribution in [3.05, 3.63) is 55.9 Å². The van der Waals surface area contributed by atoms with Crippen molar-refractivity contribution in [2.75, 3.05) is 6.61 Å². The number of ether oxygens (including phenoxy) is 1. The summed E-state index contributed by atoms with van der Waals surface area (Å²) >= 11 is 2.27. The predicted molar refractivity (Wildman–Crippen MR) is 119 cm³/mol. The molecule has 4 nitrogen and oxygen atoms in total. The number of carbonyl (C=O) groups excluding carboxylic acids is 2. The largest absolute Gasteiger partial charge is 0.462 e. The lowest BCUT2D eigenvalue weighted by atomic mass is 9.68. The van der Waals surface area contributed by atoms with Gasteiger partial charge in [-0.25, -0.2) is 4.79 Å². The van der Waals surface area contributed by atoms with Crippen LogP contribution in [0, 0.1) is 8.99 Å². The fourth-order valence-corrected chi connectivity index (χ4v) is 4.68. The number of ketones is 1. The van der Waals surface area contributed by atoms with Crippen molar-refractivity contribution in [1.29, 1.82) is 0 Å². The SMILES string of the molecule is CCCCOC(=O)C1=C(C)NC2=C(C(=O)CC(C)(C)C2)[C@@H]1c1cccc(I)c1. The monoisotopic (exact) mass is 493 g/mol. The van der Waals surface area contributed by atoms with E-state index in [0.29, 0.717) is 18.6 Å². The molecule has 2 aliphatic rings. The molecule has 3 rings (SSSR count). The summed E-state index contributed by atoms with van der Waals surface area (Å²) in [7, 11) is 0. The van der Waals surface area contributed by atoms with Crippen LogP contribution in [0.3, 0.4) is 0 Å². The number of nitrogens with one attached hydrogen (secondary N) is 1. The molecular formula is C23H28INO3. The minimum atomic E-state index is -0.372. The molecule has 0 saturated heterocycles. The normalized spacial score (nSPS) is 21.3. The fourth-order valence-electron chi connectivity index (χ4n) is 4.11. The number of halogens is 1. The molecule has 1 aromatic rings. The zero-order valence-corrected chi connectivity index (χ0v) is 19.2. The van der Waals surface area contributed by atoms with Crippen molar-refractivity contribution >= 4 is 34.3 Å². The van der Waals surface area contributed by atoms with Gasteiger partial charge in [0.2, 0.25) is 0 Å². The highest BCUT2D eigenvalue weighted by atomic mass is 127. The van der Waals surface area contributed by atoms with Crippen molar-refractivity contribution in [2.45, 2.75) is 59.3 Å². The van der Waals surface area contributed by atoms with Gasteiger partial charge in [-0.2, -0.15) is 0 Å². The maximum absolute atomic E-state index is 13.2. The van der Waals surface area contributed by atoms with E-state index in [1.807, 2.05) is 25.1 Å². The molecule has 1 atom stereocenters. The van der Waals surface area contributed by atoms with Crippen molar-refractivity contribution in [3.63, 3.8) is 0 Å². The van der Waals surface area contributed by atoms with E-state index in [9.17, 15) is 9.59 Å². The molecule has 0 spiro atoms. The number of allylic oxidation sites excluding steroid dienone is 3. The second-order valence-corrected chi connectivity index (χ2v) is 9.72. The summed E-state index contributed by atoms with van der Waals surface area (Å²) in [6.45, 7) is 8.61. The second kappa shape index (κ2) is 8.39. The van der Waals surface area contributed by atoms with Gasteiger partial charge in [-0.05, 0) is 65.5 Å². The first kappa shape index (κ1) is 21.1. The van der Waals surface area contributed by atoms with Crippen LogP contribution in [0.4, 0.5) is 0 Å². The number of hydrogen-bond acceptors (Lipinski definition) is 4. The molecule has 0 bridgehead atoms. The lowest BCUT2D eigenvalue weighted by molar-refractivity contribution is -0.139. The zero-order valence-electron chi connectivity index (χ0n) is 17.0. The fraction of sp³-hybridized carbons (Fsp3) is 0.478. The van der Waals surface area contributed by atoms with Crippen molar-refractivity contribution < 1.29 is 14.3 Å². The summed E-state index contributed by atoms with van der Waals surface area (Å²) in [6.07, 6.45) is 3.09. The number of Topliss-reactive ketones (excluding diaryl/α,β-unsaturated/α-hetero) is 1. The van der Waals surface area contributed by atoms with Crippen LogP contribution in [0.5, 0.6) is 0 Å². The van der Waals surface area contributed by atoms with Crippen LogP contribution in [0.15, 0.2) is 46.8 Å². The van der Waals surface area contributed by atoms with E-state index in [2.05, 4.69) is 54.7 Å². The highest BCUT2D eigenvalue weighted by Gasteiger charge is 2.43. The lowest BCUT2D eigenvalue weighted by Gasteiger charge is -2.39. The predicted octanol–water partition coefficient (Wildman–Crippen LogP) is 5.24. The molecule has 0 radical (unpaired) electrons. The van der Waals surface area contributed by atoms with Crippen LogP contribution in [-0.2, 0) is 14.3 Å². The van der Waals surface area contributed by atoms with Crippen molar-refractivity contribution in [3.8, 4) is 0 Å². The average molecular weight is 493 g/mol. The minimum Gasteiger partial charge on any atom is -0.462 e. The summed E-state index contributed by atoms with van der Waals surface area (Å²) < 4.78 is 6.64.